The van der Waals surface area contributed by atoms with Crippen LogP contribution in [-0.2, 0) is 15.7 Å². The third-order valence-electron chi connectivity index (χ3n) is 5.03. The van der Waals surface area contributed by atoms with E-state index in [0.717, 1.165) is 6.07 Å². The predicted molar refractivity (Wildman–Crippen MR) is 126 cm³/mol. The number of carbonyl (C=O) groups excluding carboxylic acids is 2. The first-order valence-corrected chi connectivity index (χ1v) is 10.7. The average Bonchev–Trinajstić information content (AvgIpc) is 2.87. The molecule has 1 atom stereocenters. The number of nitrogens with one attached hydrogen (secondary N) is 1. The number of esters is 1. The third-order valence-corrected chi connectivity index (χ3v) is 5.36. The van der Waals surface area contributed by atoms with E-state index in [4.69, 9.17) is 30.5 Å². The molecule has 0 saturated heterocycles. The Morgan fingerprint density at radius 3 is 2.06 bits per heavy atom. The number of alkyl halides is 3. The van der Waals surface area contributed by atoms with Crippen molar-refractivity contribution in [2.75, 3.05) is 26.6 Å². The minimum absolute atomic E-state index is 0.0604. The van der Waals surface area contributed by atoms with Gasteiger partial charge in [-0.3, -0.25) is 4.79 Å². The molecule has 0 bridgehead atoms. The predicted octanol–water partition coefficient (Wildman–Crippen LogP) is 5.92. The number of amides is 1. The monoisotopic (exact) mass is 523 g/mol. The maximum atomic E-state index is 13.2. The van der Waals surface area contributed by atoms with E-state index >= 15 is 0 Å². The zero-order chi connectivity index (χ0) is 26.5. The molecule has 0 aliphatic rings. The average molecular weight is 524 g/mol. The van der Waals surface area contributed by atoms with Gasteiger partial charge in [-0.15, -0.1) is 0 Å². The second-order valence-corrected chi connectivity index (χ2v) is 7.69. The normalized spacial score (nSPS) is 11.9. The molecule has 3 aromatic rings. The van der Waals surface area contributed by atoms with E-state index in [0.29, 0.717) is 11.8 Å². The lowest BCUT2D eigenvalue weighted by atomic mass is 10.1. The highest BCUT2D eigenvalue weighted by molar-refractivity contribution is 6.31. The summed E-state index contributed by atoms with van der Waals surface area (Å²) in [5.74, 6) is -1.22. The van der Waals surface area contributed by atoms with Crippen molar-refractivity contribution in [1.29, 1.82) is 0 Å². The lowest BCUT2D eigenvalue weighted by Gasteiger charge is -2.20. The summed E-state index contributed by atoms with van der Waals surface area (Å²) < 4.78 is 60.9. The molecule has 3 aromatic carbocycles. The molecule has 1 N–H and O–H groups in total. The molecule has 1 unspecified atom stereocenters. The van der Waals surface area contributed by atoms with Gasteiger partial charge in [0.2, 0.25) is 6.10 Å². The van der Waals surface area contributed by atoms with E-state index in [1.165, 1.54) is 51.7 Å². The van der Waals surface area contributed by atoms with Crippen molar-refractivity contribution >= 4 is 29.2 Å². The zero-order valence-electron chi connectivity index (χ0n) is 19.3. The molecule has 7 nitrogen and oxygen atoms in total. The highest BCUT2D eigenvalue weighted by Gasteiger charge is 2.34. The summed E-state index contributed by atoms with van der Waals surface area (Å²) in [6.45, 7) is 0. The second-order valence-electron chi connectivity index (χ2n) is 7.29. The summed E-state index contributed by atoms with van der Waals surface area (Å²) in [6.07, 6.45) is -6.24. The smallest absolute Gasteiger partial charge is 0.417 e. The summed E-state index contributed by atoms with van der Waals surface area (Å²) in [6, 6.07) is 13.6. The minimum atomic E-state index is -4.73. The van der Waals surface area contributed by atoms with Gasteiger partial charge in [-0.2, -0.15) is 13.2 Å². The SMILES string of the molecule is COc1cc(OC)c(C(=O)OC(C(=O)Nc2ccc(Cl)c(C(F)(F)F)c2)c2ccccc2)cc1OC. The van der Waals surface area contributed by atoms with Crippen molar-refractivity contribution in [2.24, 2.45) is 0 Å². The van der Waals surface area contributed by atoms with Crippen LogP contribution in [0.25, 0.3) is 0 Å². The number of benzene rings is 3. The zero-order valence-corrected chi connectivity index (χ0v) is 20.1. The fourth-order valence-electron chi connectivity index (χ4n) is 3.29. The van der Waals surface area contributed by atoms with Gasteiger partial charge < -0.3 is 24.3 Å². The van der Waals surface area contributed by atoms with Crippen LogP contribution in [0.1, 0.15) is 27.6 Å². The second kappa shape index (κ2) is 11.2. The van der Waals surface area contributed by atoms with Crippen molar-refractivity contribution in [2.45, 2.75) is 12.3 Å². The van der Waals surface area contributed by atoms with Crippen LogP contribution in [0.15, 0.2) is 60.7 Å². The number of hydrogen-bond donors (Lipinski definition) is 1. The van der Waals surface area contributed by atoms with Gasteiger partial charge in [0, 0.05) is 23.4 Å². The first kappa shape index (κ1) is 26.7. The van der Waals surface area contributed by atoms with E-state index in [-0.39, 0.29) is 28.3 Å². The van der Waals surface area contributed by atoms with Gasteiger partial charge in [-0.25, -0.2) is 4.79 Å². The minimum Gasteiger partial charge on any atom is -0.496 e. The van der Waals surface area contributed by atoms with Crippen molar-refractivity contribution in [1.82, 2.24) is 0 Å². The van der Waals surface area contributed by atoms with Crippen LogP contribution in [0.2, 0.25) is 5.02 Å². The Morgan fingerprint density at radius 2 is 1.47 bits per heavy atom. The van der Waals surface area contributed by atoms with Gasteiger partial charge in [0.25, 0.3) is 5.91 Å². The Kier molecular flexibility index (Phi) is 8.31. The van der Waals surface area contributed by atoms with Crippen LogP contribution in [-0.4, -0.2) is 33.2 Å². The molecule has 11 heteroatoms. The molecule has 0 aromatic heterocycles. The molecular weight excluding hydrogens is 503 g/mol. The Balaban J connectivity index is 1.95. The van der Waals surface area contributed by atoms with Gasteiger partial charge in [0.15, 0.2) is 11.5 Å². The number of halogens is 4. The molecule has 3 rings (SSSR count). The van der Waals surface area contributed by atoms with Crippen molar-refractivity contribution < 1.29 is 41.7 Å². The van der Waals surface area contributed by atoms with Crippen molar-refractivity contribution in [3.8, 4) is 17.2 Å². The molecule has 0 saturated carbocycles. The summed E-state index contributed by atoms with van der Waals surface area (Å²) in [5.41, 5.74) is -1.08. The number of anilines is 1. The molecule has 0 fully saturated rings. The highest BCUT2D eigenvalue weighted by Crippen LogP contribution is 2.37. The quantitative estimate of drug-likeness (QED) is 0.369. The number of ether oxygens (including phenoxy) is 4. The first-order chi connectivity index (χ1) is 17.1. The lowest BCUT2D eigenvalue weighted by molar-refractivity contribution is -0.137. The van der Waals surface area contributed by atoms with Crippen LogP contribution in [0, 0.1) is 0 Å². The lowest BCUT2D eigenvalue weighted by Crippen LogP contribution is -2.26. The van der Waals surface area contributed by atoms with Gasteiger partial charge >= 0.3 is 12.1 Å². The highest BCUT2D eigenvalue weighted by atomic mass is 35.5. The molecular formula is C25H21ClF3NO6. The Bertz CT molecular complexity index is 1250. The number of rotatable bonds is 8. The van der Waals surface area contributed by atoms with Crippen LogP contribution >= 0.6 is 11.6 Å². The van der Waals surface area contributed by atoms with E-state index < -0.39 is 34.7 Å². The van der Waals surface area contributed by atoms with Crippen LogP contribution in [0.3, 0.4) is 0 Å². The maximum Gasteiger partial charge on any atom is 0.417 e. The largest absolute Gasteiger partial charge is 0.496 e. The number of methoxy groups -OCH3 is 3. The van der Waals surface area contributed by atoms with Crippen LogP contribution in [0.4, 0.5) is 18.9 Å². The summed E-state index contributed by atoms with van der Waals surface area (Å²) >= 11 is 5.65. The topological polar surface area (TPSA) is 83.1 Å². The number of carbonyl (C=O) groups is 2. The standard InChI is InChI=1S/C25H21ClF3NO6/c1-33-19-13-21(35-3)20(34-2)12-16(19)24(32)36-22(14-7-5-4-6-8-14)23(31)30-15-9-10-18(26)17(11-15)25(27,28)29/h4-13,22H,1-3H3,(H,30,31). The van der Waals surface area contributed by atoms with E-state index in [1.807, 2.05) is 0 Å². The Hall–Kier alpha value is -3.92. The fourth-order valence-corrected chi connectivity index (χ4v) is 3.51. The maximum absolute atomic E-state index is 13.2. The fraction of sp³-hybridized carbons (Fsp3) is 0.200. The Morgan fingerprint density at radius 1 is 0.861 bits per heavy atom. The van der Waals surface area contributed by atoms with Crippen molar-refractivity contribution in [3.05, 3.63) is 82.4 Å². The molecule has 1 amide bonds. The van der Waals surface area contributed by atoms with Crippen LogP contribution < -0.4 is 19.5 Å². The molecule has 190 valence electrons. The summed E-state index contributed by atoms with van der Waals surface area (Å²) in [5, 5.41) is 1.83. The van der Waals surface area contributed by atoms with Crippen LogP contribution in [0.5, 0.6) is 17.2 Å². The summed E-state index contributed by atoms with van der Waals surface area (Å²) in [7, 11) is 4.12. The molecule has 0 heterocycles. The van der Waals surface area contributed by atoms with E-state index in [2.05, 4.69) is 5.32 Å². The van der Waals surface area contributed by atoms with Gasteiger partial charge in [0.05, 0.1) is 31.9 Å². The Labute approximate surface area is 209 Å². The summed E-state index contributed by atoms with van der Waals surface area (Å²) in [4.78, 5) is 26.2. The molecule has 0 radical (unpaired) electrons. The van der Waals surface area contributed by atoms with Gasteiger partial charge in [-0.1, -0.05) is 41.9 Å². The third kappa shape index (κ3) is 6.01. The molecule has 0 spiro atoms. The van der Waals surface area contributed by atoms with Gasteiger partial charge in [0.1, 0.15) is 11.3 Å². The molecule has 36 heavy (non-hydrogen) atoms. The van der Waals surface area contributed by atoms with E-state index in [9.17, 15) is 22.8 Å². The molecule has 0 aliphatic carbocycles. The molecule has 0 aliphatic heterocycles. The van der Waals surface area contributed by atoms with Crippen molar-refractivity contribution in [3.63, 3.8) is 0 Å². The van der Waals surface area contributed by atoms with E-state index in [1.54, 1.807) is 18.2 Å². The van der Waals surface area contributed by atoms with Gasteiger partial charge in [-0.05, 0) is 18.2 Å². The number of hydrogen-bond acceptors (Lipinski definition) is 6. The first-order valence-electron chi connectivity index (χ1n) is 10.3.